The highest BCUT2D eigenvalue weighted by Crippen LogP contribution is 2.26. The predicted molar refractivity (Wildman–Crippen MR) is 111 cm³/mol. The molecule has 1 aliphatic rings. The van der Waals surface area contributed by atoms with Crippen LogP contribution in [0, 0.1) is 0 Å². The van der Waals surface area contributed by atoms with Crippen LogP contribution in [0.25, 0.3) is 0 Å². The van der Waals surface area contributed by atoms with Crippen molar-refractivity contribution < 1.29 is 14.3 Å². The van der Waals surface area contributed by atoms with Gasteiger partial charge in [0.05, 0.1) is 11.5 Å². The lowest BCUT2D eigenvalue weighted by atomic mass is 9.94. The van der Waals surface area contributed by atoms with Crippen LogP contribution in [0.1, 0.15) is 53.4 Å². The second kappa shape index (κ2) is 10.4. The number of nitrogens with zero attached hydrogens (tertiary/aromatic N) is 1. The Morgan fingerprint density at radius 1 is 1.14 bits per heavy atom. The lowest BCUT2D eigenvalue weighted by molar-refractivity contribution is -0.127. The van der Waals surface area contributed by atoms with E-state index in [0.717, 1.165) is 31.2 Å². The van der Waals surface area contributed by atoms with Gasteiger partial charge < -0.3 is 15.0 Å². The molecule has 1 aromatic carbocycles. The zero-order valence-electron chi connectivity index (χ0n) is 16.3. The SMILES string of the molecule is COCCN(C(=O)c1cccs1)C(C(=O)NC1CCCCC1)c1ccccc1. The lowest BCUT2D eigenvalue weighted by Crippen LogP contribution is -2.47. The highest BCUT2D eigenvalue weighted by atomic mass is 32.1. The fourth-order valence-electron chi connectivity index (χ4n) is 3.71. The number of amides is 2. The molecule has 0 radical (unpaired) electrons. The highest BCUT2D eigenvalue weighted by molar-refractivity contribution is 7.12. The molecule has 1 N–H and O–H groups in total. The van der Waals surface area contributed by atoms with E-state index in [4.69, 9.17) is 4.74 Å². The molecule has 1 unspecified atom stereocenters. The molecule has 2 aromatic rings. The molecule has 0 bridgehead atoms. The van der Waals surface area contributed by atoms with Gasteiger partial charge in [0, 0.05) is 19.7 Å². The Morgan fingerprint density at radius 2 is 1.89 bits per heavy atom. The van der Waals surface area contributed by atoms with E-state index in [2.05, 4.69) is 5.32 Å². The van der Waals surface area contributed by atoms with Crippen molar-refractivity contribution in [2.24, 2.45) is 0 Å². The largest absolute Gasteiger partial charge is 0.383 e. The van der Waals surface area contributed by atoms with E-state index >= 15 is 0 Å². The van der Waals surface area contributed by atoms with E-state index in [9.17, 15) is 9.59 Å². The predicted octanol–water partition coefficient (Wildman–Crippen LogP) is 4.03. The number of hydrogen-bond donors (Lipinski definition) is 1. The molecule has 28 heavy (non-hydrogen) atoms. The lowest BCUT2D eigenvalue weighted by Gasteiger charge is -2.33. The third-order valence-electron chi connectivity index (χ3n) is 5.16. The Hall–Kier alpha value is -2.18. The first kappa shape index (κ1) is 20.6. The Kier molecular flexibility index (Phi) is 7.62. The molecule has 150 valence electrons. The molecule has 2 amide bonds. The topological polar surface area (TPSA) is 58.6 Å². The van der Waals surface area contributed by atoms with Gasteiger partial charge in [0.25, 0.3) is 5.91 Å². The molecular formula is C22H28N2O3S. The zero-order chi connectivity index (χ0) is 19.8. The summed E-state index contributed by atoms with van der Waals surface area (Å²) < 4.78 is 5.23. The number of ether oxygens (including phenoxy) is 1. The maximum atomic E-state index is 13.3. The summed E-state index contributed by atoms with van der Waals surface area (Å²) >= 11 is 1.39. The fourth-order valence-corrected chi connectivity index (χ4v) is 4.39. The fraction of sp³-hybridized carbons (Fsp3) is 0.455. The smallest absolute Gasteiger partial charge is 0.264 e. The first-order valence-corrected chi connectivity index (χ1v) is 10.8. The van der Waals surface area contributed by atoms with Crippen molar-refractivity contribution >= 4 is 23.2 Å². The summed E-state index contributed by atoms with van der Waals surface area (Å²) in [6, 6.07) is 12.7. The second-order valence-electron chi connectivity index (χ2n) is 7.13. The number of methoxy groups -OCH3 is 1. The van der Waals surface area contributed by atoms with Crippen LogP contribution in [-0.2, 0) is 9.53 Å². The average Bonchev–Trinajstić information content (AvgIpc) is 3.27. The molecule has 3 rings (SSSR count). The van der Waals surface area contributed by atoms with Gasteiger partial charge in [0.1, 0.15) is 6.04 Å². The number of thiophene rings is 1. The third kappa shape index (κ3) is 5.20. The summed E-state index contributed by atoms with van der Waals surface area (Å²) in [5, 5.41) is 5.08. The van der Waals surface area contributed by atoms with E-state index in [1.54, 1.807) is 18.1 Å². The third-order valence-corrected chi connectivity index (χ3v) is 6.01. The van der Waals surface area contributed by atoms with Crippen molar-refractivity contribution in [1.82, 2.24) is 10.2 Å². The van der Waals surface area contributed by atoms with Crippen LogP contribution in [-0.4, -0.2) is 43.0 Å². The van der Waals surface area contributed by atoms with Gasteiger partial charge in [-0.05, 0) is 29.9 Å². The molecule has 0 spiro atoms. The van der Waals surface area contributed by atoms with E-state index in [0.29, 0.717) is 18.0 Å². The monoisotopic (exact) mass is 400 g/mol. The van der Waals surface area contributed by atoms with Crippen LogP contribution >= 0.6 is 11.3 Å². The summed E-state index contributed by atoms with van der Waals surface area (Å²) in [5.41, 5.74) is 0.816. The van der Waals surface area contributed by atoms with Crippen molar-refractivity contribution in [1.29, 1.82) is 0 Å². The normalized spacial score (nSPS) is 15.8. The molecule has 1 atom stereocenters. The first-order chi connectivity index (χ1) is 13.7. The molecule has 6 heteroatoms. The van der Waals surface area contributed by atoms with E-state index in [-0.39, 0.29) is 17.9 Å². The number of rotatable bonds is 8. The van der Waals surface area contributed by atoms with Crippen molar-refractivity contribution in [3.8, 4) is 0 Å². The Labute approximate surface area is 170 Å². The van der Waals surface area contributed by atoms with Crippen molar-refractivity contribution in [3.63, 3.8) is 0 Å². The molecule has 0 saturated heterocycles. The van der Waals surface area contributed by atoms with E-state index in [1.165, 1.54) is 17.8 Å². The molecule has 1 heterocycles. The Morgan fingerprint density at radius 3 is 2.54 bits per heavy atom. The molecule has 1 fully saturated rings. The van der Waals surface area contributed by atoms with Gasteiger partial charge in [-0.3, -0.25) is 9.59 Å². The van der Waals surface area contributed by atoms with Crippen LogP contribution in [0.5, 0.6) is 0 Å². The van der Waals surface area contributed by atoms with Crippen LogP contribution < -0.4 is 5.32 Å². The standard InChI is InChI=1S/C22H28N2O3S/c1-27-15-14-24(22(26)19-13-8-16-28-19)20(17-9-4-2-5-10-17)21(25)23-18-11-6-3-7-12-18/h2,4-5,8-10,13,16,18,20H,3,6-7,11-12,14-15H2,1H3,(H,23,25). The summed E-state index contributed by atoms with van der Waals surface area (Å²) in [5.74, 6) is -0.251. The van der Waals surface area contributed by atoms with Gasteiger partial charge in [-0.15, -0.1) is 11.3 Å². The van der Waals surface area contributed by atoms with Crippen molar-refractivity contribution in [2.45, 2.75) is 44.2 Å². The van der Waals surface area contributed by atoms with Gasteiger partial charge >= 0.3 is 0 Å². The van der Waals surface area contributed by atoms with Crippen LogP contribution in [0.4, 0.5) is 0 Å². The van der Waals surface area contributed by atoms with Gasteiger partial charge in [-0.25, -0.2) is 0 Å². The summed E-state index contributed by atoms with van der Waals surface area (Å²) in [7, 11) is 1.60. The van der Waals surface area contributed by atoms with Crippen molar-refractivity contribution in [2.75, 3.05) is 20.3 Å². The number of carbonyl (C=O) groups excluding carboxylic acids is 2. The Bertz CT molecular complexity index is 742. The van der Waals surface area contributed by atoms with Gasteiger partial charge in [-0.2, -0.15) is 0 Å². The average molecular weight is 401 g/mol. The second-order valence-corrected chi connectivity index (χ2v) is 8.07. The molecule has 5 nitrogen and oxygen atoms in total. The summed E-state index contributed by atoms with van der Waals surface area (Å²) in [6.07, 6.45) is 5.52. The van der Waals surface area contributed by atoms with Gasteiger partial charge in [0.2, 0.25) is 5.91 Å². The number of nitrogens with one attached hydrogen (secondary N) is 1. The maximum absolute atomic E-state index is 13.3. The first-order valence-electron chi connectivity index (χ1n) is 9.89. The number of hydrogen-bond acceptors (Lipinski definition) is 4. The van der Waals surface area contributed by atoms with Crippen LogP contribution in [0.2, 0.25) is 0 Å². The van der Waals surface area contributed by atoms with E-state index in [1.807, 2.05) is 41.8 Å². The van der Waals surface area contributed by atoms with Crippen molar-refractivity contribution in [3.05, 3.63) is 58.3 Å². The minimum atomic E-state index is -0.673. The van der Waals surface area contributed by atoms with Gasteiger partial charge in [0.15, 0.2) is 0 Å². The molecule has 1 aromatic heterocycles. The molecular weight excluding hydrogens is 372 g/mol. The Balaban J connectivity index is 1.89. The molecule has 1 saturated carbocycles. The summed E-state index contributed by atoms with van der Waals surface area (Å²) in [6.45, 7) is 0.724. The highest BCUT2D eigenvalue weighted by Gasteiger charge is 2.33. The minimum Gasteiger partial charge on any atom is -0.383 e. The summed E-state index contributed by atoms with van der Waals surface area (Å²) in [4.78, 5) is 28.8. The quantitative estimate of drug-likeness (QED) is 0.728. The molecule has 0 aliphatic heterocycles. The number of benzene rings is 1. The number of carbonyl (C=O) groups is 2. The van der Waals surface area contributed by atoms with Crippen LogP contribution in [0.3, 0.4) is 0 Å². The van der Waals surface area contributed by atoms with E-state index < -0.39 is 6.04 Å². The minimum absolute atomic E-state index is 0.112. The van der Waals surface area contributed by atoms with Crippen LogP contribution in [0.15, 0.2) is 47.8 Å². The molecule has 1 aliphatic carbocycles. The maximum Gasteiger partial charge on any atom is 0.264 e. The zero-order valence-corrected chi connectivity index (χ0v) is 17.1. The van der Waals surface area contributed by atoms with Gasteiger partial charge in [-0.1, -0.05) is 55.7 Å².